The lowest BCUT2D eigenvalue weighted by atomic mass is 10.0. The number of rotatable bonds is 9. The van der Waals surface area contributed by atoms with E-state index in [0.29, 0.717) is 16.9 Å². The van der Waals surface area contributed by atoms with Crippen LogP contribution >= 0.6 is 0 Å². The Morgan fingerprint density at radius 3 is 2.20 bits per heavy atom. The summed E-state index contributed by atoms with van der Waals surface area (Å²) in [6, 6.07) is 15.8. The molecule has 2 rings (SSSR count). The van der Waals surface area contributed by atoms with Gasteiger partial charge in [-0.15, -0.1) is 0 Å². The largest absolute Gasteiger partial charge is 0.294 e. The fourth-order valence-electron chi connectivity index (χ4n) is 2.86. The van der Waals surface area contributed by atoms with Gasteiger partial charge in [0.05, 0.1) is 10.1 Å². The van der Waals surface area contributed by atoms with E-state index in [4.69, 9.17) is 0 Å². The average Bonchev–Trinajstić information content (AvgIpc) is 2.62. The lowest BCUT2D eigenvalue weighted by Crippen LogP contribution is -2.25. The van der Waals surface area contributed by atoms with Crippen molar-refractivity contribution in [3.05, 3.63) is 65.7 Å². The van der Waals surface area contributed by atoms with Gasteiger partial charge < -0.3 is 0 Å². The Bertz CT molecular complexity index is 778. The third-order valence-corrected chi connectivity index (χ3v) is 6.64. The fourth-order valence-corrected chi connectivity index (χ4v) is 4.61. The maximum atomic E-state index is 13.1. The highest BCUT2D eigenvalue weighted by Crippen LogP contribution is 2.25. The molecule has 2 aromatic rings. The zero-order valence-electron chi connectivity index (χ0n) is 14.9. The van der Waals surface area contributed by atoms with E-state index in [1.54, 1.807) is 48.5 Å². The maximum Gasteiger partial charge on any atom is 0.181 e. The zero-order valence-corrected chi connectivity index (χ0v) is 15.8. The summed E-state index contributed by atoms with van der Waals surface area (Å²) in [5, 5.41) is -0.672. The summed E-state index contributed by atoms with van der Waals surface area (Å²) >= 11 is 0. The molecule has 0 aromatic heterocycles. The Hall–Kier alpha value is -1.94. The molecule has 0 aliphatic rings. The van der Waals surface area contributed by atoms with Gasteiger partial charge in [-0.3, -0.25) is 4.79 Å². The Balaban J connectivity index is 2.25. The van der Waals surface area contributed by atoms with Crippen LogP contribution in [0.4, 0.5) is 0 Å². The van der Waals surface area contributed by atoms with Crippen LogP contribution in [0, 0.1) is 6.92 Å². The highest BCUT2D eigenvalue weighted by atomic mass is 32.2. The number of benzene rings is 2. The topological polar surface area (TPSA) is 51.2 Å². The summed E-state index contributed by atoms with van der Waals surface area (Å²) < 4.78 is 26.1. The summed E-state index contributed by atoms with van der Waals surface area (Å²) in [6.45, 7) is 4.01. The van der Waals surface area contributed by atoms with Gasteiger partial charge in [0.15, 0.2) is 15.6 Å². The maximum absolute atomic E-state index is 13.1. The molecule has 0 spiro atoms. The highest BCUT2D eigenvalue weighted by molar-refractivity contribution is 7.92. The van der Waals surface area contributed by atoms with Gasteiger partial charge in [0.2, 0.25) is 0 Å². The minimum absolute atomic E-state index is 0.0317. The number of hydrogen-bond acceptors (Lipinski definition) is 3. The molecule has 4 heteroatoms. The van der Waals surface area contributed by atoms with E-state index in [1.807, 2.05) is 13.0 Å². The Morgan fingerprint density at radius 1 is 0.960 bits per heavy atom. The molecule has 3 nitrogen and oxygen atoms in total. The van der Waals surface area contributed by atoms with Crippen LogP contribution in [0.25, 0.3) is 0 Å². The molecule has 0 saturated heterocycles. The normalized spacial score (nSPS) is 12.7. The summed E-state index contributed by atoms with van der Waals surface area (Å²) in [7, 11) is -3.52. The first kappa shape index (κ1) is 19.4. The number of Topliss-reactive ketones (excluding diaryl/α,β-unsaturated/α-hetero) is 1. The van der Waals surface area contributed by atoms with Crippen LogP contribution in [0.3, 0.4) is 0 Å². The molecule has 134 valence electrons. The number of ketones is 1. The molecular formula is C21H26O3S. The molecule has 0 radical (unpaired) electrons. The summed E-state index contributed by atoms with van der Waals surface area (Å²) in [6.07, 6.45) is 3.35. The van der Waals surface area contributed by atoms with Gasteiger partial charge in [-0.05, 0) is 25.5 Å². The van der Waals surface area contributed by atoms with E-state index in [1.165, 1.54) is 0 Å². The minimum Gasteiger partial charge on any atom is -0.294 e. The molecule has 0 bridgehead atoms. The van der Waals surface area contributed by atoms with E-state index in [2.05, 4.69) is 6.92 Å². The van der Waals surface area contributed by atoms with Crippen molar-refractivity contribution in [1.82, 2.24) is 0 Å². The van der Waals surface area contributed by atoms with Gasteiger partial charge in [-0.25, -0.2) is 8.42 Å². The van der Waals surface area contributed by atoms with Crippen LogP contribution in [0.5, 0.6) is 0 Å². The molecule has 0 aliphatic heterocycles. The number of hydrogen-bond donors (Lipinski definition) is 0. The SMILES string of the molecule is CCCCC[C@H](CC(=O)c1ccccc1)S(=O)(=O)c1ccc(C)cc1. The van der Waals surface area contributed by atoms with Gasteiger partial charge in [0, 0.05) is 12.0 Å². The van der Waals surface area contributed by atoms with Crippen molar-refractivity contribution in [3.8, 4) is 0 Å². The van der Waals surface area contributed by atoms with Crippen molar-refractivity contribution in [2.75, 3.05) is 0 Å². The second-order valence-electron chi connectivity index (χ2n) is 6.47. The molecule has 1 atom stereocenters. The van der Waals surface area contributed by atoms with Gasteiger partial charge in [0.1, 0.15) is 0 Å². The molecule has 0 amide bonds. The van der Waals surface area contributed by atoms with Crippen LogP contribution < -0.4 is 0 Å². The lowest BCUT2D eigenvalue weighted by molar-refractivity contribution is 0.0980. The fraction of sp³-hybridized carbons (Fsp3) is 0.381. The summed E-state index contributed by atoms with van der Waals surface area (Å²) in [5.41, 5.74) is 1.59. The molecule has 0 unspecified atom stereocenters. The third kappa shape index (κ3) is 5.27. The van der Waals surface area contributed by atoms with Crippen LogP contribution in [-0.4, -0.2) is 19.5 Å². The van der Waals surface area contributed by atoms with E-state index >= 15 is 0 Å². The van der Waals surface area contributed by atoms with Crippen molar-refractivity contribution in [2.45, 2.75) is 56.1 Å². The van der Waals surface area contributed by atoms with Crippen molar-refractivity contribution in [1.29, 1.82) is 0 Å². The monoisotopic (exact) mass is 358 g/mol. The van der Waals surface area contributed by atoms with Gasteiger partial charge in [0.25, 0.3) is 0 Å². The summed E-state index contributed by atoms with van der Waals surface area (Å²) in [5.74, 6) is -0.113. The van der Waals surface area contributed by atoms with Crippen LogP contribution in [-0.2, 0) is 9.84 Å². The zero-order chi connectivity index (χ0) is 18.3. The number of carbonyl (C=O) groups excluding carboxylic acids is 1. The molecule has 25 heavy (non-hydrogen) atoms. The Morgan fingerprint density at radius 2 is 1.60 bits per heavy atom. The molecule has 0 aliphatic carbocycles. The number of unbranched alkanes of at least 4 members (excludes halogenated alkanes) is 2. The standard InChI is InChI=1S/C21H26O3S/c1-3-4-6-11-20(16-21(22)18-9-7-5-8-10-18)25(23,24)19-14-12-17(2)13-15-19/h5,7-10,12-15,20H,3-4,6,11,16H2,1-2H3/t20-/m1/s1. The Labute approximate surface area is 151 Å². The third-order valence-electron chi connectivity index (χ3n) is 4.43. The van der Waals surface area contributed by atoms with Crippen molar-refractivity contribution >= 4 is 15.6 Å². The van der Waals surface area contributed by atoms with E-state index in [0.717, 1.165) is 24.8 Å². The first-order valence-electron chi connectivity index (χ1n) is 8.84. The predicted molar refractivity (Wildman–Crippen MR) is 102 cm³/mol. The quantitative estimate of drug-likeness (QED) is 0.469. The van der Waals surface area contributed by atoms with E-state index in [9.17, 15) is 13.2 Å². The number of aryl methyl sites for hydroxylation is 1. The van der Waals surface area contributed by atoms with E-state index in [-0.39, 0.29) is 12.2 Å². The Kier molecular flexibility index (Phi) is 6.94. The molecule has 0 fully saturated rings. The molecule has 0 saturated carbocycles. The van der Waals surface area contributed by atoms with Crippen LogP contribution in [0.1, 0.15) is 54.9 Å². The smallest absolute Gasteiger partial charge is 0.181 e. The predicted octanol–water partition coefficient (Wildman–Crippen LogP) is 4.99. The first-order chi connectivity index (χ1) is 11.9. The minimum atomic E-state index is -3.52. The number of carbonyl (C=O) groups is 1. The molecule has 2 aromatic carbocycles. The first-order valence-corrected chi connectivity index (χ1v) is 10.4. The van der Waals surface area contributed by atoms with E-state index < -0.39 is 15.1 Å². The van der Waals surface area contributed by atoms with Crippen LogP contribution in [0.2, 0.25) is 0 Å². The molecule has 0 N–H and O–H groups in total. The van der Waals surface area contributed by atoms with Crippen molar-refractivity contribution in [2.24, 2.45) is 0 Å². The summed E-state index contributed by atoms with van der Waals surface area (Å²) in [4.78, 5) is 12.9. The highest BCUT2D eigenvalue weighted by Gasteiger charge is 2.29. The number of sulfone groups is 1. The van der Waals surface area contributed by atoms with Crippen molar-refractivity contribution in [3.63, 3.8) is 0 Å². The lowest BCUT2D eigenvalue weighted by Gasteiger charge is -2.17. The van der Waals surface area contributed by atoms with Gasteiger partial charge >= 0.3 is 0 Å². The molecular weight excluding hydrogens is 332 g/mol. The van der Waals surface area contributed by atoms with Crippen molar-refractivity contribution < 1.29 is 13.2 Å². The van der Waals surface area contributed by atoms with Gasteiger partial charge in [-0.1, -0.05) is 74.2 Å². The van der Waals surface area contributed by atoms with Crippen LogP contribution in [0.15, 0.2) is 59.5 Å². The second-order valence-corrected chi connectivity index (χ2v) is 8.70. The second kappa shape index (κ2) is 8.95. The van der Waals surface area contributed by atoms with Gasteiger partial charge in [-0.2, -0.15) is 0 Å². The average molecular weight is 359 g/mol. The molecule has 0 heterocycles.